The van der Waals surface area contributed by atoms with Crippen LogP contribution in [0.2, 0.25) is 0 Å². The quantitative estimate of drug-likeness (QED) is 0.884. The van der Waals surface area contributed by atoms with Crippen LogP contribution >= 0.6 is 15.9 Å². The van der Waals surface area contributed by atoms with Crippen LogP contribution in [0.25, 0.3) is 0 Å². The average molecular weight is 327 g/mol. The largest absolute Gasteiger partial charge is 0.481 e. The minimum absolute atomic E-state index is 0.0578. The van der Waals surface area contributed by atoms with Crippen molar-refractivity contribution in [3.05, 3.63) is 28.2 Å². The fourth-order valence-electron chi connectivity index (χ4n) is 2.17. The fourth-order valence-corrected chi connectivity index (χ4v) is 2.42. The van der Waals surface area contributed by atoms with Crippen molar-refractivity contribution >= 4 is 33.5 Å². The topological polar surface area (TPSA) is 69.6 Å². The molecular formula is C13H15BrN2O3. The van der Waals surface area contributed by atoms with E-state index < -0.39 is 5.97 Å². The number of hydrogen-bond donors (Lipinski definition) is 2. The Bertz CT molecular complexity index is 517. The Morgan fingerprint density at radius 3 is 2.95 bits per heavy atom. The molecule has 1 atom stereocenters. The number of hydrogen-bond acceptors (Lipinski definition) is 3. The van der Waals surface area contributed by atoms with Crippen LogP contribution in [0.3, 0.4) is 0 Å². The van der Waals surface area contributed by atoms with Gasteiger partial charge in [-0.05, 0) is 30.7 Å². The number of carbonyl (C=O) groups is 2. The molecule has 1 fully saturated rings. The summed E-state index contributed by atoms with van der Waals surface area (Å²) < 4.78 is 1.01. The summed E-state index contributed by atoms with van der Waals surface area (Å²) in [5.74, 6) is -1.04. The minimum Gasteiger partial charge on any atom is -0.481 e. The van der Waals surface area contributed by atoms with Crippen molar-refractivity contribution in [2.75, 3.05) is 18.0 Å². The molecule has 0 aliphatic carbocycles. The van der Waals surface area contributed by atoms with Crippen LogP contribution in [-0.2, 0) is 9.59 Å². The molecule has 19 heavy (non-hydrogen) atoms. The van der Waals surface area contributed by atoms with Gasteiger partial charge in [0.05, 0.1) is 19.0 Å². The Morgan fingerprint density at radius 1 is 1.58 bits per heavy atom. The standard InChI is InChI=1S/C13H15BrN2O3/c1-8-4-10(2-3-11(8)14)16-6-9(5-13(18)19)15-12(17)7-16/h2-4,9H,5-7H2,1H3,(H,15,17)(H,18,19). The number of anilines is 1. The summed E-state index contributed by atoms with van der Waals surface area (Å²) in [7, 11) is 0. The fraction of sp³-hybridized carbons (Fsp3) is 0.385. The van der Waals surface area contributed by atoms with E-state index in [2.05, 4.69) is 21.2 Å². The lowest BCUT2D eigenvalue weighted by Gasteiger charge is -2.34. The van der Waals surface area contributed by atoms with E-state index in [-0.39, 0.29) is 24.9 Å². The number of nitrogens with zero attached hydrogens (tertiary/aromatic N) is 1. The van der Waals surface area contributed by atoms with Crippen molar-refractivity contribution in [1.29, 1.82) is 0 Å². The summed E-state index contributed by atoms with van der Waals surface area (Å²) in [5.41, 5.74) is 2.02. The first-order chi connectivity index (χ1) is 8.95. The Kier molecular flexibility index (Phi) is 4.09. The lowest BCUT2D eigenvalue weighted by Crippen LogP contribution is -2.54. The number of rotatable bonds is 3. The number of aliphatic carboxylic acids is 1. The van der Waals surface area contributed by atoms with E-state index in [0.717, 1.165) is 15.7 Å². The molecule has 6 heteroatoms. The maximum atomic E-state index is 11.6. The van der Waals surface area contributed by atoms with Crippen LogP contribution in [-0.4, -0.2) is 36.1 Å². The van der Waals surface area contributed by atoms with Gasteiger partial charge in [-0.1, -0.05) is 15.9 Å². The summed E-state index contributed by atoms with van der Waals surface area (Å²) in [6, 6.07) is 5.50. The van der Waals surface area contributed by atoms with Crippen molar-refractivity contribution < 1.29 is 14.7 Å². The predicted octanol–water partition coefficient (Wildman–Crippen LogP) is 1.54. The first kappa shape index (κ1) is 13.9. The SMILES string of the molecule is Cc1cc(N2CC(=O)NC(CC(=O)O)C2)ccc1Br. The third-order valence-electron chi connectivity index (χ3n) is 3.07. The summed E-state index contributed by atoms with van der Waals surface area (Å²) >= 11 is 3.43. The van der Waals surface area contributed by atoms with Gasteiger partial charge in [0.2, 0.25) is 5.91 Å². The van der Waals surface area contributed by atoms with Gasteiger partial charge in [0.25, 0.3) is 0 Å². The smallest absolute Gasteiger partial charge is 0.305 e. The molecule has 5 nitrogen and oxygen atoms in total. The summed E-state index contributed by atoms with van der Waals surface area (Å²) in [4.78, 5) is 24.3. The molecule has 1 aromatic rings. The number of piperazine rings is 1. The molecule has 1 saturated heterocycles. The van der Waals surface area contributed by atoms with Crippen LogP contribution in [0.4, 0.5) is 5.69 Å². The first-order valence-corrected chi connectivity index (χ1v) is 6.77. The number of carbonyl (C=O) groups excluding carboxylic acids is 1. The molecule has 0 radical (unpaired) electrons. The molecule has 1 amide bonds. The zero-order valence-electron chi connectivity index (χ0n) is 10.5. The molecule has 1 unspecified atom stereocenters. The van der Waals surface area contributed by atoms with E-state index in [1.54, 1.807) is 0 Å². The average Bonchev–Trinajstić information content (AvgIpc) is 2.31. The predicted molar refractivity (Wildman–Crippen MR) is 75.3 cm³/mol. The maximum Gasteiger partial charge on any atom is 0.305 e. The summed E-state index contributed by atoms with van der Waals surface area (Å²) in [6.45, 7) is 2.75. The second-order valence-corrected chi connectivity index (χ2v) is 5.53. The lowest BCUT2D eigenvalue weighted by atomic mass is 10.1. The Balaban J connectivity index is 2.16. The number of aryl methyl sites for hydroxylation is 1. The Labute approximate surface area is 119 Å². The molecule has 0 spiro atoms. The van der Waals surface area contributed by atoms with Gasteiger partial charge in [-0.15, -0.1) is 0 Å². The highest BCUT2D eigenvalue weighted by molar-refractivity contribution is 9.10. The summed E-state index contributed by atoms with van der Waals surface area (Å²) in [6.07, 6.45) is -0.0578. The molecule has 102 valence electrons. The van der Waals surface area contributed by atoms with E-state index in [9.17, 15) is 9.59 Å². The van der Waals surface area contributed by atoms with E-state index in [0.29, 0.717) is 6.54 Å². The zero-order valence-corrected chi connectivity index (χ0v) is 12.1. The van der Waals surface area contributed by atoms with Crippen molar-refractivity contribution in [2.45, 2.75) is 19.4 Å². The van der Waals surface area contributed by atoms with E-state index in [4.69, 9.17) is 5.11 Å². The molecule has 1 heterocycles. The second kappa shape index (κ2) is 5.61. The van der Waals surface area contributed by atoms with Crippen LogP contribution in [0.15, 0.2) is 22.7 Å². The second-order valence-electron chi connectivity index (χ2n) is 4.68. The lowest BCUT2D eigenvalue weighted by molar-refractivity contribution is -0.137. The molecule has 1 aliphatic heterocycles. The van der Waals surface area contributed by atoms with E-state index in [1.807, 2.05) is 30.0 Å². The van der Waals surface area contributed by atoms with Crippen LogP contribution in [0.5, 0.6) is 0 Å². The van der Waals surface area contributed by atoms with Crippen LogP contribution < -0.4 is 10.2 Å². The number of carboxylic acid groups (broad SMARTS) is 1. The van der Waals surface area contributed by atoms with Gasteiger partial charge in [-0.2, -0.15) is 0 Å². The normalized spacial score (nSPS) is 19.2. The third kappa shape index (κ3) is 3.47. The monoisotopic (exact) mass is 326 g/mol. The molecule has 0 bridgehead atoms. The molecular weight excluding hydrogens is 312 g/mol. The van der Waals surface area contributed by atoms with Crippen molar-refractivity contribution in [3.63, 3.8) is 0 Å². The zero-order chi connectivity index (χ0) is 14.0. The third-order valence-corrected chi connectivity index (χ3v) is 3.96. The van der Waals surface area contributed by atoms with Crippen LogP contribution in [0, 0.1) is 6.92 Å². The molecule has 0 aromatic heterocycles. The maximum absolute atomic E-state index is 11.6. The van der Waals surface area contributed by atoms with Gasteiger partial charge >= 0.3 is 5.97 Å². The highest BCUT2D eigenvalue weighted by atomic mass is 79.9. The van der Waals surface area contributed by atoms with E-state index >= 15 is 0 Å². The number of nitrogens with one attached hydrogen (secondary N) is 1. The van der Waals surface area contributed by atoms with Gasteiger partial charge in [-0.25, -0.2) is 0 Å². The number of halogens is 1. The molecule has 0 saturated carbocycles. The highest BCUT2D eigenvalue weighted by Gasteiger charge is 2.26. The first-order valence-electron chi connectivity index (χ1n) is 5.98. The van der Waals surface area contributed by atoms with Gasteiger partial charge in [0.15, 0.2) is 0 Å². The molecule has 2 rings (SSSR count). The minimum atomic E-state index is -0.904. The van der Waals surface area contributed by atoms with Crippen molar-refractivity contribution in [2.24, 2.45) is 0 Å². The van der Waals surface area contributed by atoms with Crippen molar-refractivity contribution in [1.82, 2.24) is 5.32 Å². The Hall–Kier alpha value is -1.56. The Morgan fingerprint density at radius 2 is 2.32 bits per heavy atom. The van der Waals surface area contributed by atoms with Gasteiger partial charge in [-0.3, -0.25) is 9.59 Å². The van der Waals surface area contributed by atoms with Gasteiger partial charge < -0.3 is 15.3 Å². The number of amides is 1. The number of benzene rings is 1. The number of carboxylic acids is 1. The molecule has 1 aliphatic rings. The highest BCUT2D eigenvalue weighted by Crippen LogP contribution is 2.24. The van der Waals surface area contributed by atoms with Gasteiger partial charge in [0, 0.05) is 16.7 Å². The van der Waals surface area contributed by atoms with E-state index in [1.165, 1.54) is 0 Å². The van der Waals surface area contributed by atoms with Gasteiger partial charge in [0.1, 0.15) is 0 Å². The molecule has 2 N–H and O–H groups in total. The summed E-state index contributed by atoms with van der Waals surface area (Å²) in [5, 5.41) is 11.5. The van der Waals surface area contributed by atoms with Crippen LogP contribution in [0.1, 0.15) is 12.0 Å². The molecule has 1 aromatic carbocycles. The van der Waals surface area contributed by atoms with Crippen molar-refractivity contribution in [3.8, 4) is 0 Å².